The minimum atomic E-state index is -0.159. The summed E-state index contributed by atoms with van der Waals surface area (Å²) in [5.41, 5.74) is 1.95. The highest BCUT2D eigenvalue weighted by Crippen LogP contribution is 2.29. The fourth-order valence-electron chi connectivity index (χ4n) is 2.40. The van der Waals surface area contributed by atoms with Gasteiger partial charge < -0.3 is 14.8 Å². The van der Waals surface area contributed by atoms with Crippen molar-refractivity contribution in [2.24, 2.45) is 4.99 Å². The number of ether oxygens (including phenoxy) is 1. The van der Waals surface area contributed by atoms with E-state index >= 15 is 0 Å². The lowest BCUT2D eigenvalue weighted by Gasteiger charge is -2.07. The number of hydrogen-bond acceptors (Lipinski definition) is 8. The first-order valence-corrected chi connectivity index (χ1v) is 9.73. The van der Waals surface area contributed by atoms with Crippen LogP contribution in [-0.2, 0) is 6.61 Å². The Balaban J connectivity index is 1.62. The molecule has 4 aromatic rings. The van der Waals surface area contributed by atoms with E-state index in [0.717, 1.165) is 10.6 Å². The van der Waals surface area contributed by atoms with Gasteiger partial charge in [0.2, 0.25) is 0 Å². The third kappa shape index (κ3) is 4.65. The monoisotopic (exact) mass is 426 g/mol. The van der Waals surface area contributed by atoms with E-state index in [4.69, 9.17) is 21.4 Å². The Hall–Kier alpha value is -3.14. The highest BCUT2D eigenvalue weighted by molar-refractivity contribution is 7.12. The summed E-state index contributed by atoms with van der Waals surface area (Å²) in [4.78, 5) is 26.0. The molecule has 0 atom stereocenters. The van der Waals surface area contributed by atoms with Crippen LogP contribution >= 0.6 is 22.9 Å². The molecule has 0 spiro atoms. The minimum Gasteiger partial charge on any atom is -0.423 e. The Morgan fingerprint density at radius 3 is 2.83 bits per heavy atom. The third-order valence-corrected chi connectivity index (χ3v) is 4.99. The first kappa shape index (κ1) is 19.2. The Kier molecular flexibility index (Phi) is 5.61. The molecular formula is C19H15ClN6O2S. The quantitative estimate of drug-likeness (QED) is 0.502. The number of H-pyrrole nitrogens is 1. The number of aromatic amines is 1. The standard InChI is InChI=1S/C19H15ClN6O2S/c1-11-6-14(25-18(24-11)28-15-5-3-2-4-13(15)20)16-8-23-19(29-16)26-17-9-21-12(10-27)7-22-17/h2-9,27H,10H2,1H3,(H,22,23,26). The zero-order valence-electron chi connectivity index (χ0n) is 15.2. The van der Waals surface area contributed by atoms with Gasteiger partial charge in [-0.3, -0.25) is 4.98 Å². The van der Waals surface area contributed by atoms with Crippen molar-refractivity contribution in [3.8, 4) is 22.3 Å². The molecule has 0 aliphatic rings. The largest absolute Gasteiger partial charge is 0.423 e. The molecule has 0 unspecified atom stereocenters. The number of benzene rings is 1. The van der Waals surface area contributed by atoms with Crippen LogP contribution in [0, 0.1) is 6.92 Å². The van der Waals surface area contributed by atoms with Crippen molar-refractivity contribution >= 4 is 28.8 Å². The summed E-state index contributed by atoms with van der Waals surface area (Å²) < 4.78 is 5.75. The number of thiazole rings is 1. The van der Waals surface area contributed by atoms with Gasteiger partial charge in [-0.25, -0.2) is 9.97 Å². The molecule has 0 radical (unpaired) electrons. The molecule has 0 fully saturated rings. The first-order chi connectivity index (χ1) is 14.1. The van der Waals surface area contributed by atoms with Crippen molar-refractivity contribution in [3.05, 3.63) is 70.1 Å². The summed E-state index contributed by atoms with van der Waals surface area (Å²) >= 11 is 7.56. The number of aliphatic hydroxyl groups excluding tert-OH is 1. The van der Waals surface area contributed by atoms with Gasteiger partial charge in [0.15, 0.2) is 10.6 Å². The molecule has 2 N–H and O–H groups in total. The molecule has 10 heteroatoms. The normalized spacial score (nSPS) is 11.6. The van der Waals surface area contributed by atoms with Crippen LogP contribution in [0.4, 0.5) is 5.82 Å². The molecule has 0 aliphatic heterocycles. The fourth-order valence-corrected chi connectivity index (χ4v) is 3.37. The van der Waals surface area contributed by atoms with E-state index in [-0.39, 0.29) is 12.6 Å². The number of aliphatic hydroxyl groups is 1. The molecule has 3 aromatic heterocycles. The van der Waals surface area contributed by atoms with Gasteiger partial charge in [-0.2, -0.15) is 9.98 Å². The van der Waals surface area contributed by atoms with E-state index < -0.39 is 0 Å². The average molecular weight is 427 g/mol. The predicted octanol–water partition coefficient (Wildman–Crippen LogP) is 3.80. The van der Waals surface area contributed by atoms with E-state index in [1.54, 1.807) is 18.3 Å². The van der Waals surface area contributed by atoms with Crippen LogP contribution in [0.25, 0.3) is 10.6 Å². The number of para-hydroxylation sites is 1. The van der Waals surface area contributed by atoms with Crippen molar-refractivity contribution in [3.63, 3.8) is 0 Å². The SMILES string of the molecule is Cc1cc(-c2c[nH]/c(=N/c3cnc(CO)cn3)s2)nc(Oc2ccccc2Cl)n1. The Labute approximate surface area is 174 Å². The van der Waals surface area contributed by atoms with E-state index in [0.29, 0.717) is 32.8 Å². The molecule has 0 saturated carbocycles. The second-order valence-corrected chi connectivity index (χ2v) is 7.34. The second-order valence-electron chi connectivity index (χ2n) is 5.91. The summed E-state index contributed by atoms with van der Waals surface area (Å²) in [6.07, 6.45) is 4.79. The van der Waals surface area contributed by atoms with Crippen molar-refractivity contribution in [1.82, 2.24) is 24.9 Å². The van der Waals surface area contributed by atoms with Crippen molar-refractivity contribution < 1.29 is 9.84 Å². The van der Waals surface area contributed by atoms with Gasteiger partial charge in [0, 0.05) is 11.9 Å². The summed E-state index contributed by atoms with van der Waals surface area (Å²) in [5, 5.41) is 9.52. The number of halogens is 1. The van der Waals surface area contributed by atoms with Gasteiger partial charge in [-0.15, -0.1) is 0 Å². The van der Waals surface area contributed by atoms with Gasteiger partial charge in [0.05, 0.1) is 40.3 Å². The maximum Gasteiger partial charge on any atom is 0.322 e. The Morgan fingerprint density at radius 1 is 1.21 bits per heavy atom. The highest BCUT2D eigenvalue weighted by atomic mass is 35.5. The topological polar surface area (TPSA) is 109 Å². The van der Waals surface area contributed by atoms with Crippen LogP contribution in [-0.4, -0.2) is 30.0 Å². The molecule has 3 heterocycles. The second kappa shape index (κ2) is 8.48. The van der Waals surface area contributed by atoms with Gasteiger partial charge in [-0.05, 0) is 25.1 Å². The lowest BCUT2D eigenvalue weighted by Crippen LogP contribution is -1.97. The molecule has 8 nitrogen and oxygen atoms in total. The van der Waals surface area contributed by atoms with Gasteiger partial charge in [0.1, 0.15) is 5.75 Å². The Morgan fingerprint density at radius 2 is 2.07 bits per heavy atom. The summed E-state index contributed by atoms with van der Waals surface area (Å²) in [6, 6.07) is 9.23. The number of nitrogens with zero attached hydrogens (tertiary/aromatic N) is 5. The molecule has 0 amide bonds. The van der Waals surface area contributed by atoms with Crippen LogP contribution in [0.5, 0.6) is 11.8 Å². The number of rotatable bonds is 5. The number of hydrogen-bond donors (Lipinski definition) is 2. The van der Waals surface area contributed by atoms with Crippen LogP contribution in [0.15, 0.2) is 53.9 Å². The van der Waals surface area contributed by atoms with Gasteiger partial charge in [0.25, 0.3) is 0 Å². The van der Waals surface area contributed by atoms with Crippen LogP contribution in [0.1, 0.15) is 11.4 Å². The Bertz CT molecular complexity index is 1210. The van der Waals surface area contributed by atoms with Crippen LogP contribution < -0.4 is 9.54 Å². The summed E-state index contributed by atoms with van der Waals surface area (Å²) in [5.74, 6) is 0.928. The lowest BCUT2D eigenvalue weighted by molar-refractivity contribution is 0.276. The molecule has 0 saturated heterocycles. The van der Waals surface area contributed by atoms with Crippen molar-refractivity contribution in [2.75, 3.05) is 0 Å². The highest BCUT2D eigenvalue weighted by Gasteiger charge is 2.10. The van der Waals surface area contributed by atoms with E-state index in [1.165, 1.54) is 23.7 Å². The summed E-state index contributed by atoms with van der Waals surface area (Å²) in [7, 11) is 0. The number of aryl methyl sites for hydroxylation is 1. The maximum atomic E-state index is 9.03. The van der Waals surface area contributed by atoms with Gasteiger partial charge >= 0.3 is 6.01 Å². The lowest BCUT2D eigenvalue weighted by atomic mass is 10.3. The average Bonchev–Trinajstić information content (AvgIpc) is 3.18. The number of aromatic nitrogens is 5. The number of nitrogens with one attached hydrogen (secondary N) is 1. The molecule has 0 aliphatic carbocycles. The summed E-state index contributed by atoms with van der Waals surface area (Å²) in [6.45, 7) is 1.71. The molecule has 0 bridgehead atoms. The van der Waals surface area contributed by atoms with Crippen LogP contribution in [0.2, 0.25) is 5.02 Å². The zero-order chi connectivity index (χ0) is 20.2. The predicted molar refractivity (Wildman–Crippen MR) is 109 cm³/mol. The van der Waals surface area contributed by atoms with Crippen LogP contribution in [0.3, 0.4) is 0 Å². The molecule has 1 aromatic carbocycles. The molecule has 4 rings (SSSR count). The molecule has 146 valence electrons. The van der Waals surface area contributed by atoms with E-state index in [2.05, 4.69) is 29.9 Å². The maximum absolute atomic E-state index is 9.03. The molecule has 29 heavy (non-hydrogen) atoms. The van der Waals surface area contributed by atoms with Gasteiger partial charge in [-0.1, -0.05) is 35.1 Å². The van der Waals surface area contributed by atoms with Crippen molar-refractivity contribution in [1.29, 1.82) is 0 Å². The van der Waals surface area contributed by atoms with E-state index in [9.17, 15) is 0 Å². The smallest absolute Gasteiger partial charge is 0.322 e. The third-order valence-electron chi connectivity index (χ3n) is 3.73. The van der Waals surface area contributed by atoms with Crippen molar-refractivity contribution in [2.45, 2.75) is 13.5 Å². The zero-order valence-corrected chi connectivity index (χ0v) is 16.8. The van der Waals surface area contributed by atoms with E-state index in [1.807, 2.05) is 25.1 Å². The molecular weight excluding hydrogens is 412 g/mol. The fraction of sp³-hybridized carbons (Fsp3) is 0.105. The first-order valence-electron chi connectivity index (χ1n) is 8.54. The minimum absolute atomic E-state index is 0.159.